The molecule has 1 aliphatic carbocycles. The zero-order chi connectivity index (χ0) is 11.0. The van der Waals surface area contributed by atoms with Gasteiger partial charge in [0.2, 0.25) is 0 Å². The minimum Gasteiger partial charge on any atom is -0.508 e. The van der Waals surface area contributed by atoms with Crippen LogP contribution in [0.2, 0.25) is 0 Å². The highest BCUT2D eigenvalue weighted by atomic mass is 16.3. The van der Waals surface area contributed by atoms with Gasteiger partial charge in [0, 0.05) is 0 Å². The molecule has 2 nitrogen and oxygen atoms in total. The second-order valence-corrected chi connectivity index (χ2v) is 5.25. The number of hydrogen-bond acceptors (Lipinski definition) is 2. The van der Waals surface area contributed by atoms with E-state index in [1.807, 2.05) is 12.1 Å². The third-order valence-electron chi connectivity index (χ3n) is 4.53. The number of phenols is 1. The number of nitrogens with one attached hydrogen (secondary N) is 1. The molecule has 1 atom stereocenters. The molecule has 1 heterocycles. The van der Waals surface area contributed by atoms with Crippen molar-refractivity contribution < 1.29 is 5.11 Å². The predicted molar refractivity (Wildman–Crippen MR) is 64.6 cm³/mol. The molecule has 0 radical (unpaired) electrons. The summed E-state index contributed by atoms with van der Waals surface area (Å²) >= 11 is 0. The Kier molecular flexibility index (Phi) is 2.40. The summed E-state index contributed by atoms with van der Waals surface area (Å²) in [7, 11) is 0. The maximum Gasteiger partial charge on any atom is 0.115 e. The lowest BCUT2D eigenvalue weighted by molar-refractivity contribution is 0.157. The largest absolute Gasteiger partial charge is 0.508 e. The van der Waals surface area contributed by atoms with Crippen LogP contribution in [0.4, 0.5) is 0 Å². The van der Waals surface area contributed by atoms with Gasteiger partial charge in [0.05, 0.1) is 0 Å². The van der Waals surface area contributed by atoms with Crippen LogP contribution in [0.1, 0.15) is 31.2 Å². The normalized spacial score (nSPS) is 27.6. The van der Waals surface area contributed by atoms with Crippen molar-refractivity contribution in [3.8, 4) is 5.75 Å². The summed E-state index contributed by atoms with van der Waals surface area (Å²) in [6.07, 6.45) is 5.31. The van der Waals surface area contributed by atoms with Crippen LogP contribution in [0.5, 0.6) is 5.75 Å². The SMILES string of the molecule is Oc1ccc(C2(C3CCNC3)CCC2)cc1. The molecular formula is C14H19NO. The molecule has 3 rings (SSSR count). The highest BCUT2D eigenvalue weighted by molar-refractivity contribution is 5.34. The summed E-state index contributed by atoms with van der Waals surface area (Å²) in [5, 5.41) is 12.8. The number of benzene rings is 1. The molecule has 0 amide bonds. The topological polar surface area (TPSA) is 32.3 Å². The molecule has 2 heteroatoms. The third kappa shape index (κ3) is 1.44. The molecule has 0 aromatic heterocycles. The van der Waals surface area contributed by atoms with Crippen LogP contribution in [0.25, 0.3) is 0 Å². The Labute approximate surface area is 96.7 Å². The third-order valence-corrected chi connectivity index (χ3v) is 4.53. The van der Waals surface area contributed by atoms with Gasteiger partial charge in [-0.15, -0.1) is 0 Å². The first-order chi connectivity index (χ1) is 7.81. The quantitative estimate of drug-likeness (QED) is 0.797. The van der Waals surface area contributed by atoms with Gasteiger partial charge in [-0.3, -0.25) is 0 Å². The van der Waals surface area contributed by atoms with Crippen LogP contribution < -0.4 is 5.32 Å². The van der Waals surface area contributed by atoms with E-state index in [0.717, 1.165) is 5.92 Å². The van der Waals surface area contributed by atoms with E-state index in [0.29, 0.717) is 11.2 Å². The number of phenolic OH excluding ortho intramolecular Hbond substituents is 1. The number of rotatable bonds is 2. The van der Waals surface area contributed by atoms with Gasteiger partial charge in [-0.1, -0.05) is 18.6 Å². The minimum atomic E-state index is 0.378. The lowest BCUT2D eigenvalue weighted by Crippen LogP contribution is -2.42. The van der Waals surface area contributed by atoms with Crippen molar-refractivity contribution in [1.29, 1.82) is 0 Å². The Morgan fingerprint density at radius 3 is 2.44 bits per heavy atom. The monoisotopic (exact) mass is 217 g/mol. The van der Waals surface area contributed by atoms with Gasteiger partial charge in [-0.2, -0.15) is 0 Å². The van der Waals surface area contributed by atoms with E-state index in [1.165, 1.54) is 44.3 Å². The summed E-state index contributed by atoms with van der Waals surface area (Å²) < 4.78 is 0. The van der Waals surface area contributed by atoms with Crippen molar-refractivity contribution in [3.05, 3.63) is 29.8 Å². The fourth-order valence-corrected chi connectivity index (χ4v) is 3.41. The second kappa shape index (κ2) is 3.77. The minimum absolute atomic E-state index is 0.378. The van der Waals surface area contributed by atoms with Crippen molar-refractivity contribution >= 4 is 0 Å². The van der Waals surface area contributed by atoms with E-state index < -0.39 is 0 Å². The molecule has 2 aliphatic rings. The van der Waals surface area contributed by atoms with Crippen molar-refractivity contribution in [2.45, 2.75) is 31.1 Å². The van der Waals surface area contributed by atoms with Gasteiger partial charge in [0.15, 0.2) is 0 Å². The Morgan fingerprint density at radius 1 is 1.19 bits per heavy atom. The lowest BCUT2D eigenvalue weighted by atomic mass is 9.57. The Hall–Kier alpha value is -1.02. The molecule has 86 valence electrons. The van der Waals surface area contributed by atoms with Gasteiger partial charge in [0.25, 0.3) is 0 Å². The maximum atomic E-state index is 9.37. The molecule has 1 aromatic carbocycles. The van der Waals surface area contributed by atoms with Gasteiger partial charge in [-0.25, -0.2) is 0 Å². The summed E-state index contributed by atoms with van der Waals surface area (Å²) in [5.74, 6) is 1.17. The highest BCUT2D eigenvalue weighted by Crippen LogP contribution is 2.51. The smallest absolute Gasteiger partial charge is 0.115 e. The van der Waals surface area contributed by atoms with E-state index in [1.54, 1.807) is 0 Å². The van der Waals surface area contributed by atoms with E-state index in [9.17, 15) is 5.11 Å². The van der Waals surface area contributed by atoms with Crippen LogP contribution in [0.15, 0.2) is 24.3 Å². The van der Waals surface area contributed by atoms with Crippen molar-refractivity contribution in [2.24, 2.45) is 5.92 Å². The highest BCUT2D eigenvalue weighted by Gasteiger charge is 2.45. The number of aromatic hydroxyl groups is 1. The maximum absolute atomic E-state index is 9.37. The Bertz CT molecular complexity index is 361. The summed E-state index contributed by atoms with van der Waals surface area (Å²) in [4.78, 5) is 0. The average molecular weight is 217 g/mol. The second-order valence-electron chi connectivity index (χ2n) is 5.25. The molecule has 0 bridgehead atoms. The molecule has 1 saturated heterocycles. The van der Waals surface area contributed by atoms with Gasteiger partial charge < -0.3 is 10.4 Å². The number of hydrogen-bond donors (Lipinski definition) is 2. The van der Waals surface area contributed by atoms with Crippen LogP contribution in [-0.2, 0) is 5.41 Å². The van der Waals surface area contributed by atoms with Crippen molar-refractivity contribution in [3.63, 3.8) is 0 Å². The molecule has 1 aliphatic heterocycles. The van der Waals surface area contributed by atoms with Gasteiger partial charge in [-0.05, 0) is 61.4 Å². The summed E-state index contributed by atoms with van der Waals surface area (Å²) in [6.45, 7) is 2.34. The average Bonchev–Trinajstić information content (AvgIpc) is 2.73. The summed E-state index contributed by atoms with van der Waals surface area (Å²) in [6, 6.07) is 7.90. The summed E-state index contributed by atoms with van der Waals surface area (Å²) in [5.41, 5.74) is 1.85. The van der Waals surface area contributed by atoms with Crippen molar-refractivity contribution in [2.75, 3.05) is 13.1 Å². The first-order valence-electron chi connectivity index (χ1n) is 6.31. The Balaban J connectivity index is 1.91. The zero-order valence-corrected chi connectivity index (χ0v) is 9.58. The molecular weight excluding hydrogens is 198 g/mol. The van der Waals surface area contributed by atoms with Crippen LogP contribution in [0, 0.1) is 5.92 Å². The van der Waals surface area contributed by atoms with Crippen LogP contribution >= 0.6 is 0 Å². The molecule has 1 unspecified atom stereocenters. The molecule has 1 aromatic rings. The van der Waals surface area contributed by atoms with E-state index in [4.69, 9.17) is 0 Å². The molecule has 0 spiro atoms. The van der Waals surface area contributed by atoms with Crippen LogP contribution in [0.3, 0.4) is 0 Å². The van der Waals surface area contributed by atoms with E-state index in [2.05, 4.69) is 17.4 Å². The standard InChI is InChI=1S/C14H19NO/c16-13-4-2-11(3-5-13)14(7-1-8-14)12-6-9-15-10-12/h2-5,12,15-16H,1,6-10H2. The van der Waals surface area contributed by atoms with E-state index >= 15 is 0 Å². The Morgan fingerprint density at radius 2 is 1.94 bits per heavy atom. The first-order valence-corrected chi connectivity index (χ1v) is 6.31. The molecule has 2 N–H and O–H groups in total. The molecule has 16 heavy (non-hydrogen) atoms. The zero-order valence-electron chi connectivity index (χ0n) is 9.58. The van der Waals surface area contributed by atoms with Crippen molar-refractivity contribution in [1.82, 2.24) is 5.32 Å². The molecule has 1 saturated carbocycles. The molecule has 2 fully saturated rings. The predicted octanol–water partition coefficient (Wildman–Crippen LogP) is 2.42. The van der Waals surface area contributed by atoms with E-state index in [-0.39, 0.29) is 0 Å². The lowest BCUT2D eigenvalue weighted by Gasteiger charge is -2.47. The fraction of sp³-hybridized carbons (Fsp3) is 0.571. The van der Waals surface area contributed by atoms with Gasteiger partial charge in [0.1, 0.15) is 5.75 Å². The van der Waals surface area contributed by atoms with Gasteiger partial charge >= 0.3 is 0 Å². The van der Waals surface area contributed by atoms with Crippen LogP contribution in [-0.4, -0.2) is 18.2 Å². The fourth-order valence-electron chi connectivity index (χ4n) is 3.41. The first kappa shape index (κ1) is 10.2.